The van der Waals surface area contributed by atoms with E-state index in [1.165, 1.54) is 0 Å². The van der Waals surface area contributed by atoms with Crippen LogP contribution in [-0.4, -0.2) is 24.0 Å². The molecule has 106 valence electrons. The molecule has 0 radical (unpaired) electrons. The molecule has 0 unspecified atom stereocenters. The summed E-state index contributed by atoms with van der Waals surface area (Å²) in [5.74, 6) is 0.905. The van der Waals surface area contributed by atoms with Crippen molar-refractivity contribution in [1.29, 1.82) is 0 Å². The van der Waals surface area contributed by atoms with Gasteiger partial charge in [-0.25, -0.2) is 0 Å². The molecule has 20 heavy (non-hydrogen) atoms. The number of pyridine rings is 1. The summed E-state index contributed by atoms with van der Waals surface area (Å²) in [6.45, 7) is 3.22. The Morgan fingerprint density at radius 3 is 3.00 bits per heavy atom. The van der Waals surface area contributed by atoms with Gasteiger partial charge in [0.2, 0.25) is 5.91 Å². The molecule has 1 aromatic heterocycles. The zero-order chi connectivity index (χ0) is 14.2. The van der Waals surface area contributed by atoms with Gasteiger partial charge in [0.15, 0.2) is 0 Å². The third-order valence-electron chi connectivity index (χ3n) is 2.97. The second-order valence-electron chi connectivity index (χ2n) is 4.63. The molecule has 0 saturated heterocycles. The number of nitrogens with zero attached hydrogens (tertiary/aromatic N) is 1. The number of carbonyl (C=O) groups excluding carboxylic acids is 1. The van der Waals surface area contributed by atoms with Crippen molar-refractivity contribution >= 4 is 16.8 Å². The minimum Gasteiger partial charge on any atom is -0.491 e. The Bertz CT molecular complexity index is 564. The predicted molar refractivity (Wildman–Crippen MR) is 79.8 cm³/mol. The number of carbonyl (C=O) groups is 1. The van der Waals surface area contributed by atoms with Crippen LogP contribution in [0.15, 0.2) is 36.5 Å². The Balaban J connectivity index is 1.80. The molecule has 0 aliphatic heterocycles. The Hall–Kier alpha value is -2.10. The van der Waals surface area contributed by atoms with Gasteiger partial charge in [-0.1, -0.05) is 25.1 Å². The maximum absolute atomic E-state index is 11.3. The van der Waals surface area contributed by atoms with Crippen LogP contribution in [0.5, 0.6) is 5.75 Å². The zero-order valence-corrected chi connectivity index (χ0v) is 11.8. The highest BCUT2D eigenvalue weighted by molar-refractivity contribution is 5.84. The number of nitrogens with one attached hydrogen (secondary N) is 1. The number of rotatable bonds is 7. The number of hydrogen-bond donors (Lipinski definition) is 1. The maximum Gasteiger partial charge on any atom is 0.219 e. The van der Waals surface area contributed by atoms with Gasteiger partial charge in [0, 0.05) is 24.5 Å². The molecule has 0 spiro atoms. The van der Waals surface area contributed by atoms with Gasteiger partial charge < -0.3 is 10.1 Å². The first kappa shape index (κ1) is 14.3. The summed E-state index contributed by atoms with van der Waals surface area (Å²) in [5, 5.41) is 3.94. The van der Waals surface area contributed by atoms with E-state index in [1.807, 2.05) is 37.3 Å². The average molecular weight is 272 g/mol. The van der Waals surface area contributed by atoms with E-state index < -0.39 is 0 Å². The predicted octanol–water partition coefficient (Wildman–Crippen LogP) is 2.92. The third-order valence-corrected chi connectivity index (χ3v) is 2.97. The lowest BCUT2D eigenvalue weighted by molar-refractivity contribution is -0.121. The van der Waals surface area contributed by atoms with Crippen molar-refractivity contribution < 1.29 is 9.53 Å². The molecule has 0 bridgehead atoms. The molecule has 2 aromatic rings. The zero-order valence-electron chi connectivity index (χ0n) is 11.8. The molecule has 4 heteroatoms. The van der Waals surface area contributed by atoms with Crippen molar-refractivity contribution in [2.45, 2.75) is 26.2 Å². The van der Waals surface area contributed by atoms with Crippen LogP contribution in [-0.2, 0) is 4.79 Å². The number of amides is 1. The average Bonchev–Trinajstić information content (AvgIpc) is 2.47. The Morgan fingerprint density at radius 2 is 2.15 bits per heavy atom. The van der Waals surface area contributed by atoms with E-state index in [4.69, 9.17) is 4.74 Å². The van der Waals surface area contributed by atoms with Crippen LogP contribution in [0.4, 0.5) is 0 Å². The summed E-state index contributed by atoms with van der Waals surface area (Å²) in [6.07, 6.45) is 4.02. The Kier molecular flexibility index (Phi) is 5.35. The van der Waals surface area contributed by atoms with Crippen LogP contribution >= 0.6 is 0 Å². The third kappa shape index (κ3) is 3.95. The van der Waals surface area contributed by atoms with Crippen molar-refractivity contribution in [2.75, 3.05) is 13.2 Å². The van der Waals surface area contributed by atoms with Gasteiger partial charge in [0.05, 0.1) is 6.61 Å². The quantitative estimate of drug-likeness (QED) is 0.788. The van der Waals surface area contributed by atoms with Crippen molar-refractivity contribution in [1.82, 2.24) is 10.3 Å². The summed E-state index contributed by atoms with van der Waals surface area (Å²) in [5.41, 5.74) is 0.880. The molecule has 0 atom stereocenters. The summed E-state index contributed by atoms with van der Waals surface area (Å²) in [6, 6.07) is 9.82. The van der Waals surface area contributed by atoms with E-state index in [-0.39, 0.29) is 5.91 Å². The minimum absolute atomic E-state index is 0.110. The van der Waals surface area contributed by atoms with Crippen LogP contribution < -0.4 is 10.1 Å². The molecule has 1 N–H and O–H groups in total. The lowest BCUT2D eigenvalue weighted by Gasteiger charge is -2.09. The van der Waals surface area contributed by atoms with Crippen LogP contribution in [0, 0.1) is 0 Å². The van der Waals surface area contributed by atoms with Crippen LogP contribution in [0.3, 0.4) is 0 Å². The monoisotopic (exact) mass is 272 g/mol. The van der Waals surface area contributed by atoms with Gasteiger partial charge in [-0.05, 0) is 25.0 Å². The number of hydrogen-bond acceptors (Lipinski definition) is 3. The fourth-order valence-electron chi connectivity index (χ4n) is 1.99. The van der Waals surface area contributed by atoms with Crippen LogP contribution in [0.2, 0.25) is 0 Å². The fourth-order valence-corrected chi connectivity index (χ4v) is 1.99. The molecule has 0 saturated carbocycles. The van der Waals surface area contributed by atoms with E-state index in [2.05, 4.69) is 10.3 Å². The number of benzene rings is 1. The number of aromatic nitrogens is 1. The first-order valence-electron chi connectivity index (χ1n) is 7.04. The normalized spacial score (nSPS) is 10.4. The van der Waals surface area contributed by atoms with E-state index in [0.29, 0.717) is 19.6 Å². The van der Waals surface area contributed by atoms with Crippen molar-refractivity contribution in [2.24, 2.45) is 0 Å². The molecular formula is C16H20N2O2. The molecule has 0 aliphatic rings. The van der Waals surface area contributed by atoms with Crippen molar-refractivity contribution in [3.05, 3.63) is 36.5 Å². The second kappa shape index (κ2) is 7.48. The highest BCUT2D eigenvalue weighted by Crippen LogP contribution is 2.22. The first-order chi connectivity index (χ1) is 9.81. The smallest absolute Gasteiger partial charge is 0.219 e. The van der Waals surface area contributed by atoms with Crippen LogP contribution in [0.25, 0.3) is 10.9 Å². The van der Waals surface area contributed by atoms with E-state index in [1.54, 1.807) is 6.20 Å². The lowest BCUT2D eigenvalue weighted by Crippen LogP contribution is -2.25. The number of para-hydroxylation sites is 1. The van der Waals surface area contributed by atoms with Gasteiger partial charge in [-0.2, -0.15) is 0 Å². The molecular weight excluding hydrogens is 252 g/mol. The number of ether oxygens (including phenoxy) is 1. The van der Waals surface area contributed by atoms with E-state index in [9.17, 15) is 4.79 Å². The minimum atomic E-state index is 0.110. The van der Waals surface area contributed by atoms with E-state index in [0.717, 1.165) is 29.5 Å². The van der Waals surface area contributed by atoms with Gasteiger partial charge >= 0.3 is 0 Å². The highest BCUT2D eigenvalue weighted by atomic mass is 16.5. The van der Waals surface area contributed by atoms with Gasteiger partial charge in [-0.3, -0.25) is 9.78 Å². The molecule has 1 heterocycles. The standard InChI is InChI=1S/C16H20N2O2/c1-2-6-15(19)17-11-5-12-20-14-9-3-7-13-8-4-10-18-16(13)14/h3-4,7-10H,2,5-6,11-12H2,1H3,(H,17,19). The Labute approximate surface area is 119 Å². The second-order valence-corrected chi connectivity index (χ2v) is 4.63. The first-order valence-corrected chi connectivity index (χ1v) is 7.04. The molecule has 0 fully saturated rings. The fraction of sp³-hybridized carbons (Fsp3) is 0.375. The SMILES string of the molecule is CCCC(=O)NCCCOc1cccc2cccnc12. The molecule has 0 aliphatic carbocycles. The highest BCUT2D eigenvalue weighted by Gasteiger charge is 2.02. The van der Waals surface area contributed by atoms with Crippen LogP contribution in [0.1, 0.15) is 26.2 Å². The summed E-state index contributed by atoms with van der Waals surface area (Å²) in [4.78, 5) is 15.6. The summed E-state index contributed by atoms with van der Waals surface area (Å²) in [7, 11) is 0. The number of fused-ring (bicyclic) bond motifs is 1. The maximum atomic E-state index is 11.3. The largest absolute Gasteiger partial charge is 0.491 e. The topological polar surface area (TPSA) is 51.2 Å². The molecule has 2 rings (SSSR count). The van der Waals surface area contributed by atoms with Gasteiger partial charge in [-0.15, -0.1) is 0 Å². The van der Waals surface area contributed by atoms with Crippen molar-refractivity contribution in [3.63, 3.8) is 0 Å². The summed E-state index contributed by atoms with van der Waals surface area (Å²) >= 11 is 0. The van der Waals surface area contributed by atoms with E-state index >= 15 is 0 Å². The van der Waals surface area contributed by atoms with Crippen molar-refractivity contribution in [3.8, 4) is 5.75 Å². The molecule has 4 nitrogen and oxygen atoms in total. The van der Waals surface area contributed by atoms with Gasteiger partial charge in [0.25, 0.3) is 0 Å². The molecule has 1 amide bonds. The Morgan fingerprint density at radius 1 is 1.30 bits per heavy atom. The molecule has 1 aromatic carbocycles. The lowest BCUT2D eigenvalue weighted by atomic mass is 10.2. The summed E-state index contributed by atoms with van der Waals surface area (Å²) < 4.78 is 5.75. The van der Waals surface area contributed by atoms with Gasteiger partial charge in [0.1, 0.15) is 11.3 Å².